The molecule has 2 unspecified atom stereocenters. The molecular formula is C17H21NO2S. The maximum absolute atomic E-state index is 11.8. The van der Waals surface area contributed by atoms with Gasteiger partial charge < -0.3 is 9.64 Å². The third-order valence-corrected chi connectivity index (χ3v) is 5.49. The highest BCUT2D eigenvalue weighted by Crippen LogP contribution is 2.39. The zero-order valence-electron chi connectivity index (χ0n) is 12.5. The first-order valence-electron chi connectivity index (χ1n) is 7.59. The molecule has 0 radical (unpaired) electrons. The van der Waals surface area contributed by atoms with Crippen molar-refractivity contribution in [3.8, 4) is 0 Å². The Morgan fingerprint density at radius 2 is 2.24 bits per heavy atom. The monoisotopic (exact) mass is 303 g/mol. The van der Waals surface area contributed by atoms with E-state index >= 15 is 0 Å². The first kappa shape index (κ1) is 14.4. The van der Waals surface area contributed by atoms with Gasteiger partial charge in [-0.1, -0.05) is 25.1 Å². The molecule has 1 aliphatic heterocycles. The smallest absolute Gasteiger partial charge is 0.409 e. The van der Waals surface area contributed by atoms with Crippen LogP contribution < -0.4 is 0 Å². The predicted molar refractivity (Wildman–Crippen MR) is 86.9 cm³/mol. The van der Waals surface area contributed by atoms with Gasteiger partial charge in [-0.3, -0.25) is 0 Å². The third-order valence-electron chi connectivity index (χ3n) is 4.24. The molecule has 0 bridgehead atoms. The minimum atomic E-state index is -0.167. The molecule has 2 heterocycles. The number of nitrogens with zero attached hydrogens (tertiary/aromatic N) is 1. The largest absolute Gasteiger partial charge is 0.450 e. The Kier molecular flexibility index (Phi) is 4.15. The fourth-order valence-electron chi connectivity index (χ4n) is 3.13. The lowest BCUT2D eigenvalue weighted by molar-refractivity contribution is 0.0859. The molecule has 0 aliphatic carbocycles. The lowest BCUT2D eigenvalue weighted by Gasteiger charge is -2.35. The molecule has 1 amide bonds. The second-order valence-corrected chi connectivity index (χ2v) is 6.82. The average Bonchev–Trinajstić information content (AvgIpc) is 2.90. The number of thiophene rings is 1. The first-order chi connectivity index (χ1) is 10.2. The number of likely N-dealkylation sites (tertiary alicyclic amines) is 1. The van der Waals surface area contributed by atoms with Crippen LogP contribution in [-0.4, -0.2) is 30.7 Å². The highest BCUT2D eigenvalue weighted by atomic mass is 32.1. The van der Waals surface area contributed by atoms with Gasteiger partial charge in [-0.25, -0.2) is 4.79 Å². The summed E-state index contributed by atoms with van der Waals surface area (Å²) in [6.45, 7) is 6.12. The van der Waals surface area contributed by atoms with Crippen LogP contribution in [0.4, 0.5) is 4.79 Å². The minimum absolute atomic E-state index is 0.167. The molecule has 2 aromatic rings. The summed E-state index contributed by atoms with van der Waals surface area (Å²) in [7, 11) is 0. The molecule has 112 valence electrons. The molecule has 1 fully saturated rings. The van der Waals surface area contributed by atoms with Gasteiger partial charge in [0.1, 0.15) is 0 Å². The van der Waals surface area contributed by atoms with Gasteiger partial charge in [-0.15, -0.1) is 11.3 Å². The number of piperidine rings is 1. The fourth-order valence-corrected chi connectivity index (χ4v) is 4.47. The Balaban J connectivity index is 1.74. The van der Waals surface area contributed by atoms with Crippen LogP contribution in [0.25, 0.3) is 10.1 Å². The van der Waals surface area contributed by atoms with Crippen molar-refractivity contribution in [1.29, 1.82) is 0 Å². The number of carbonyl (C=O) groups excluding carboxylic acids is 1. The van der Waals surface area contributed by atoms with E-state index < -0.39 is 0 Å². The lowest BCUT2D eigenvalue weighted by atomic mass is 9.86. The molecule has 21 heavy (non-hydrogen) atoms. The number of carbonyl (C=O) groups is 1. The van der Waals surface area contributed by atoms with E-state index in [0.717, 1.165) is 19.5 Å². The Morgan fingerprint density at radius 3 is 2.95 bits per heavy atom. The summed E-state index contributed by atoms with van der Waals surface area (Å²) in [6.07, 6.45) is 0.853. The fraction of sp³-hybridized carbons (Fsp3) is 0.471. The molecule has 3 rings (SSSR count). The van der Waals surface area contributed by atoms with Gasteiger partial charge in [0.15, 0.2) is 0 Å². The second kappa shape index (κ2) is 6.06. The van der Waals surface area contributed by atoms with E-state index in [4.69, 9.17) is 4.74 Å². The summed E-state index contributed by atoms with van der Waals surface area (Å²) in [5.41, 5.74) is 0. The van der Waals surface area contributed by atoms with Gasteiger partial charge in [-0.05, 0) is 42.7 Å². The number of benzene rings is 1. The normalized spacial score (nSPS) is 22.5. The van der Waals surface area contributed by atoms with E-state index in [1.165, 1.54) is 15.0 Å². The van der Waals surface area contributed by atoms with Crippen molar-refractivity contribution < 1.29 is 9.53 Å². The third kappa shape index (κ3) is 2.91. The molecule has 1 aromatic carbocycles. The van der Waals surface area contributed by atoms with Crippen LogP contribution in [0.2, 0.25) is 0 Å². The second-order valence-electron chi connectivity index (χ2n) is 5.70. The number of fused-ring (bicyclic) bond motifs is 1. The molecular weight excluding hydrogens is 282 g/mol. The Labute approximate surface area is 129 Å². The molecule has 0 spiro atoms. The standard InChI is InChI=1S/C17H21NO2S/c1-3-20-17(19)18-9-8-14(12(2)11-18)16-10-13-6-4-5-7-15(13)21-16/h4-7,10,12,14H,3,8-9,11H2,1-2H3. The van der Waals surface area contributed by atoms with Crippen LogP contribution in [-0.2, 0) is 4.74 Å². The van der Waals surface area contributed by atoms with Gasteiger partial charge in [0.2, 0.25) is 0 Å². The number of rotatable bonds is 2. The zero-order chi connectivity index (χ0) is 14.8. The van der Waals surface area contributed by atoms with Crippen LogP contribution in [0, 0.1) is 5.92 Å². The van der Waals surface area contributed by atoms with Crippen molar-refractivity contribution in [1.82, 2.24) is 4.90 Å². The van der Waals surface area contributed by atoms with E-state index in [1.54, 1.807) is 0 Å². The zero-order valence-corrected chi connectivity index (χ0v) is 13.4. The van der Waals surface area contributed by atoms with Crippen LogP contribution in [0.1, 0.15) is 31.1 Å². The maximum Gasteiger partial charge on any atom is 0.409 e. The Morgan fingerprint density at radius 1 is 1.43 bits per heavy atom. The highest BCUT2D eigenvalue weighted by molar-refractivity contribution is 7.19. The number of ether oxygens (including phenoxy) is 1. The first-order valence-corrected chi connectivity index (χ1v) is 8.41. The summed E-state index contributed by atoms with van der Waals surface area (Å²) in [6, 6.07) is 10.9. The number of amides is 1. The van der Waals surface area contributed by atoms with Gasteiger partial charge in [0.05, 0.1) is 6.61 Å². The summed E-state index contributed by atoms with van der Waals surface area (Å²) in [5.74, 6) is 1.02. The molecule has 0 N–H and O–H groups in total. The Bertz CT molecular complexity index is 604. The van der Waals surface area contributed by atoms with E-state index in [1.807, 2.05) is 23.2 Å². The molecule has 3 nitrogen and oxygen atoms in total. The van der Waals surface area contributed by atoms with Crippen molar-refractivity contribution >= 4 is 27.5 Å². The number of hydrogen-bond acceptors (Lipinski definition) is 3. The van der Waals surface area contributed by atoms with Crippen LogP contribution >= 0.6 is 11.3 Å². The lowest BCUT2D eigenvalue weighted by Crippen LogP contribution is -2.42. The Hall–Kier alpha value is -1.55. The maximum atomic E-state index is 11.8. The van der Waals surface area contributed by atoms with Crippen LogP contribution in [0.3, 0.4) is 0 Å². The summed E-state index contributed by atoms with van der Waals surface area (Å²) in [5, 5.41) is 1.33. The van der Waals surface area contributed by atoms with E-state index in [0.29, 0.717) is 18.4 Å². The van der Waals surface area contributed by atoms with Crippen LogP contribution in [0.15, 0.2) is 30.3 Å². The quantitative estimate of drug-likeness (QED) is 0.818. The van der Waals surface area contributed by atoms with Crippen LogP contribution in [0.5, 0.6) is 0 Å². The van der Waals surface area contributed by atoms with Gasteiger partial charge in [-0.2, -0.15) is 0 Å². The van der Waals surface area contributed by atoms with Crippen molar-refractivity contribution in [2.45, 2.75) is 26.2 Å². The molecule has 1 saturated heterocycles. The van der Waals surface area contributed by atoms with Gasteiger partial charge in [0, 0.05) is 22.7 Å². The molecule has 1 aliphatic rings. The minimum Gasteiger partial charge on any atom is -0.450 e. The topological polar surface area (TPSA) is 29.5 Å². The molecule has 4 heteroatoms. The summed E-state index contributed by atoms with van der Waals surface area (Å²) >= 11 is 1.89. The molecule has 2 atom stereocenters. The summed E-state index contributed by atoms with van der Waals surface area (Å²) in [4.78, 5) is 15.1. The predicted octanol–water partition coefficient (Wildman–Crippen LogP) is 4.48. The van der Waals surface area contributed by atoms with E-state index in [-0.39, 0.29) is 6.09 Å². The SMILES string of the molecule is CCOC(=O)N1CCC(c2cc3ccccc3s2)C(C)C1. The number of hydrogen-bond donors (Lipinski definition) is 0. The van der Waals surface area contributed by atoms with Crippen molar-refractivity contribution in [2.24, 2.45) is 5.92 Å². The van der Waals surface area contributed by atoms with Crippen molar-refractivity contribution in [3.05, 3.63) is 35.2 Å². The van der Waals surface area contributed by atoms with Crippen molar-refractivity contribution in [2.75, 3.05) is 19.7 Å². The van der Waals surface area contributed by atoms with E-state index in [2.05, 4.69) is 37.3 Å². The average molecular weight is 303 g/mol. The molecule has 0 saturated carbocycles. The van der Waals surface area contributed by atoms with Gasteiger partial charge >= 0.3 is 6.09 Å². The highest BCUT2D eigenvalue weighted by Gasteiger charge is 2.31. The van der Waals surface area contributed by atoms with Crippen molar-refractivity contribution in [3.63, 3.8) is 0 Å². The summed E-state index contributed by atoms with van der Waals surface area (Å²) < 4.78 is 6.46. The van der Waals surface area contributed by atoms with Gasteiger partial charge in [0.25, 0.3) is 0 Å². The van der Waals surface area contributed by atoms with E-state index in [9.17, 15) is 4.79 Å². The molecule has 1 aromatic heterocycles.